The third-order valence-electron chi connectivity index (χ3n) is 6.73. The first kappa shape index (κ1) is 24.3. The number of hydrogen-bond donors (Lipinski definition) is 0. The summed E-state index contributed by atoms with van der Waals surface area (Å²) in [4.78, 5) is 31.4. The molecule has 0 N–H and O–H groups in total. The Morgan fingerprint density at radius 2 is 1.79 bits per heavy atom. The maximum atomic E-state index is 13.7. The lowest BCUT2D eigenvalue weighted by Gasteiger charge is -2.39. The zero-order chi connectivity index (χ0) is 24.5. The number of carbonyl (C=O) groups is 2. The average molecular weight is 474 g/mol. The van der Waals surface area contributed by atoms with Crippen LogP contribution < -0.4 is 9.80 Å². The highest BCUT2D eigenvalue weighted by atomic mass is 19.4. The molecule has 0 spiro atoms. The fraction of sp³-hybridized carbons (Fsp3) is 0.462. The van der Waals surface area contributed by atoms with E-state index in [1.165, 1.54) is 19.1 Å². The van der Waals surface area contributed by atoms with Crippen LogP contribution in [0.2, 0.25) is 0 Å². The Hall–Kier alpha value is -2.87. The highest BCUT2D eigenvalue weighted by Crippen LogP contribution is 2.35. The topological polar surface area (TPSA) is 43.9 Å². The van der Waals surface area contributed by atoms with Crippen LogP contribution in [-0.2, 0) is 17.4 Å². The Bertz CT molecular complexity index is 1060. The molecule has 34 heavy (non-hydrogen) atoms. The molecular formula is C26H30F3N3O2. The summed E-state index contributed by atoms with van der Waals surface area (Å²) < 4.78 is 39.9. The maximum absolute atomic E-state index is 13.7. The van der Waals surface area contributed by atoms with Gasteiger partial charge in [-0.3, -0.25) is 9.59 Å². The maximum Gasteiger partial charge on any atom is 0.416 e. The molecule has 2 aliphatic rings. The van der Waals surface area contributed by atoms with Crippen LogP contribution in [0.4, 0.5) is 24.5 Å². The first-order valence-corrected chi connectivity index (χ1v) is 11.8. The predicted octanol–water partition coefficient (Wildman–Crippen LogP) is 5.14. The highest BCUT2D eigenvalue weighted by molar-refractivity contribution is 6.07. The van der Waals surface area contributed by atoms with Crippen LogP contribution in [0.25, 0.3) is 0 Å². The lowest BCUT2D eigenvalue weighted by Crippen LogP contribution is -2.48. The van der Waals surface area contributed by atoms with Gasteiger partial charge in [0.15, 0.2) is 0 Å². The third-order valence-corrected chi connectivity index (χ3v) is 6.73. The zero-order valence-electron chi connectivity index (χ0n) is 19.6. The van der Waals surface area contributed by atoms with Crippen molar-refractivity contribution < 1.29 is 22.8 Å². The Morgan fingerprint density at radius 1 is 1.06 bits per heavy atom. The van der Waals surface area contributed by atoms with E-state index < -0.39 is 17.6 Å². The van der Waals surface area contributed by atoms with E-state index in [1.807, 2.05) is 18.2 Å². The number of nitrogens with zero attached hydrogens (tertiary/aromatic N) is 3. The molecule has 2 heterocycles. The molecule has 0 saturated carbocycles. The lowest BCUT2D eigenvalue weighted by molar-refractivity contribution is -0.137. The van der Waals surface area contributed by atoms with Gasteiger partial charge in [0, 0.05) is 49.5 Å². The fourth-order valence-corrected chi connectivity index (χ4v) is 5.04. The largest absolute Gasteiger partial charge is 0.416 e. The summed E-state index contributed by atoms with van der Waals surface area (Å²) in [5.41, 5.74) is 1.66. The van der Waals surface area contributed by atoms with Gasteiger partial charge in [-0.1, -0.05) is 13.0 Å². The second kappa shape index (κ2) is 9.78. The van der Waals surface area contributed by atoms with Gasteiger partial charge in [-0.05, 0) is 74.2 Å². The first-order chi connectivity index (χ1) is 16.2. The molecule has 0 bridgehead atoms. The molecule has 0 aromatic heterocycles. The molecule has 8 heteroatoms. The number of alkyl halides is 3. The molecule has 5 nitrogen and oxygen atoms in total. The average Bonchev–Trinajstić information content (AvgIpc) is 3.24. The van der Waals surface area contributed by atoms with Crippen LogP contribution in [0, 0.1) is 0 Å². The molecule has 0 unspecified atom stereocenters. The molecular weight excluding hydrogens is 443 g/mol. The van der Waals surface area contributed by atoms with Gasteiger partial charge in [0.25, 0.3) is 5.91 Å². The minimum absolute atomic E-state index is 0.0247. The van der Waals surface area contributed by atoms with Crippen LogP contribution >= 0.6 is 0 Å². The van der Waals surface area contributed by atoms with Crippen molar-refractivity contribution >= 4 is 23.2 Å². The first-order valence-electron chi connectivity index (χ1n) is 11.8. The predicted molar refractivity (Wildman–Crippen MR) is 126 cm³/mol. The fourth-order valence-electron chi connectivity index (χ4n) is 5.04. The Kier molecular flexibility index (Phi) is 6.98. The number of likely N-dealkylation sites (tertiary alicyclic amines) is 1. The number of anilines is 2. The molecule has 0 radical (unpaired) electrons. The number of rotatable bonds is 5. The van der Waals surface area contributed by atoms with E-state index in [4.69, 9.17) is 0 Å². The van der Waals surface area contributed by atoms with Crippen LogP contribution in [-0.4, -0.2) is 48.9 Å². The van der Waals surface area contributed by atoms with Crippen LogP contribution in [0.1, 0.15) is 54.6 Å². The van der Waals surface area contributed by atoms with Crippen molar-refractivity contribution in [3.05, 3.63) is 59.2 Å². The summed E-state index contributed by atoms with van der Waals surface area (Å²) in [7, 11) is 0. The van der Waals surface area contributed by atoms with Crippen molar-refractivity contribution in [3.8, 4) is 0 Å². The highest BCUT2D eigenvalue weighted by Gasteiger charge is 2.34. The van der Waals surface area contributed by atoms with Crippen LogP contribution in [0.15, 0.2) is 42.5 Å². The number of carbonyl (C=O) groups excluding carboxylic acids is 2. The Balaban J connectivity index is 1.69. The molecule has 182 valence electrons. The summed E-state index contributed by atoms with van der Waals surface area (Å²) in [6.07, 6.45) is -1.28. The van der Waals surface area contributed by atoms with E-state index in [2.05, 4.69) is 11.8 Å². The standard InChI is InChI=1S/C26H30F3N3O2/c1-3-12-30-13-10-22(11-14-30)32(25(34)20-5-4-6-21(16-20)26(27,28)29)23-7-8-24-19(17-23)9-15-31(24)18(2)33/h4-8,16-17,22H,3,9-15H2,1-2H3. The van der Waals surface area contributed by atoms with Crippen LogP contribution in [0.5, 0.6) is 0 Å². The smallest absolute Gasteiger partial charge is 0.312 e. The quantitative estimate of drug-likeness (QED) is 0.604. The number of fused-ring (bicyclic) bond motifs is 1. The third kappa shape index (κ3) is 4.97. The lowest BCUT2D eigenvalue weighted by atomic mass is 9.99. The molecule has 0 aliphatic carbocycles. The number of hydrogen-bond acceptors (Lipinski definition) is 3. The second-order valence-corrected chi connectivity index (χ2v) is 9.06. The van der Waals surface area contributed by atoms with Crippen molar-refractivity contribution in [2.75, 3.05) is 36.0 Å². The molecule has 2 aromatic carbocycles. The minimum Gasteiger partial charge on any atom is -0.312 e. The van der Waals surface area contributed by atoms with Crippen molar-refractivity contribution in [2.24, 2.45) is 0 Å². The number of halogens is 3. The SMILES string of the molecule is CCCN1CCC(N(C(=O)c2cccc(C(F)(F)F)c2)c2ccc3c(c2)CCN3C(C)=O)CC1. The van der Waals surface area contributed by atoms with E-state index in [9.17, 15) is 22.8 Å². The molecule has 2 aliphatic heterocycles. The van der Waals surface area contributed by atoms with Crippen molar-refractivity contribution in [2.45, 2.75) is 51.7 Å². The van der Waals surface area contributed by atoms with Crippen LogP contribution in [0.3, 0.4) is 0 Å². The van der Waals surface area contributed by atoms with Crippen molar-refractivity contribution in [3.63, 3.8) is 0 Å². The summed E-state index contributed by atoms with van der Waals surface area (Å²) in [6, 6.07) is 10.1. The summed E-state index contributed by atoms with van der Waals surface area (Å²) in [6.45, 7) is 6.92. The van der Waals surface area contributed by atoms with Gasteiger partial charge in [-0.2, -0.15) is 13.2 Å². The van der Waals surface area contributed by atoms with E-state index in [-0.39, 0.29) is 17.5 Å². The van der Waals surface area contributed by atoms with E-state index in [0.29, 0.717) is 18.7 Å². The van der Waals surface area contributed by atoms with E-state index in [1.54, 1.807) is 9.80 Å². The molecule has 0 atom stereocenters. The van der Waals surface area contributed by atoms with Gasteiger partial charge in [0.05, 0.1) is 5.56 Å². The number of piperidine rings is 1. The number of amides is 2. The molecule has 2 amide bonds. The monoisotopic (exact) mass is 473 g/mol. The van der Waals surface area contributed by atoms with Gasteiger partial charge in [-0.15, -0.1) is 0 Å². The van der Waals surface area contributed by atoms with Gasteiger partial charge >= 0.3 is 6.18 Å². The molecule has 2 aromatic rings. The van der Waals surface area contributed by atoms with Gasteiger partial charge in [0.1, 0.15) is 0 Å². The molecule has 4 rings (SSSR count). The van der Waals surface area contributed by atoms with Crippen molar-refractivity contribution in [1.82, 2.24) is 4.90 Å². The summed E-state index contributed by atoms with van der Waals surface area (Å²) in [5, 5.41) is 0. The van der Waals surface area contributed by atoms with Gasteiger partial charge in [0.2, 0.25) is 5.91 Å². The van der Waals surface area contributed by atoms with Gasteiger partial charge < -0.3 is 14.7 Å². The number of benzene rings is 2. The van der Waals surface area contributed by atoms with Gasteiger partial charge in [-0.25, -0.2) is 0 Å². The normalized spacial score (nSPS) is 17.0. The van der Waals surface area contributed by atoms with E-state index >= 15 is 0 Å². The molecule has 1 fully saturated rings. The Labute approximate surface area is 198 Å². The minimum atomic E-state index is -4.52. The Morgan fingerprint density at radius 3 is 2.44 bits per heavy atom. The second-order valence-electron chi connectivity index (χ2n) is 9.06. The van der Waals surface area contributed by atoms with Crippen molar-refractivity contribution in [1.29, 1.82) is 0 Å². The zero-order valence-corrected chi connectivity index (χ0v) is 19.6. The molecule has 1 saturated heterocycles. The summed E-state index contributed by atoms with van der Waals surface area (Å²) in [5.74, 6) is -0.465. The summed E-state index contributed by atoms with van der Waals surface area (Å²) >= 11 is 0. The van der Waals surface area contributed by atoms with E-state index in [0.717, 1.165) is 62.3 Å².